The smallest absolute Gasteiger partial charge is 0.0945 e. The molecule has 0 radical (unpaired) electrons. The van der Waals surface area contributed by atoms with Crippen LogP contribution in [0.4, 0.5) is 11.4 Å². The molecule has 1 fully saturated rings. The van der Waals surface area contributed by atoms with E-state index < -0.39 is 6.10 Å². The largest absolute Gasteiger partial charge is 0.389 e. The molecule has 0 bridgehead atoms. The average Bonchev–Trinajstić information content (AvgIpc) is 2.52. The summed E-state index contributed by atoms with van der Waals surface area (Å²) in [5, 5.41) is 13.1. The molecule has 118 valence electrons. The van der Waals surface area contributed by atoms with Gasteiger partial charge < -0.3 is 20.1 Å². The first kappa shape index (κ1) is 16.1. The van der Waals surface area contributed by atoms with E-state index in [0.717, 1.165) is 18.8 Å². The van der Waals surface area contributed by atoms with E-state index in [-0.39, 0.29) is 6.10 Å². The van der Waals surface area contributed by atoms with Gasteiger partial charge in [0.25, 0.3) is 0 Å². The third-order valence-electron chi connectivity index (χ3n) is 3.75. The number of hydrogen-bond acceptors (Lipinski definition) is 4. The molecular formula is C17H28N2O2. The zero-order valence-electron chi connectivity index (χ0n) is 13.2. The van der Waals surface area contributed by atoms with Crippen LogP contribution in [-0.4, -0.2) is 43.6 Å². The van der Waals surface area contributed by atoms with Crippen LogP contribution in [0.15, 0.2) is 24.3 Å². The number of ether oxygens (including phenoxy) is 1. The van der Waals surface area contributed by atoms with Crippen molar-refractivity contribution in [1.82, 2.24) is 0 Å². The quantitative estimate of drug-likeness (QED) is 0.811. The summed E-state index contributed by atoms with van der Waals surface area (Å²) in [5.41, 5.74) is 2.34. The minimum absolute atomic E-state index is 0.156. The first-order chi connectivity index (χ1) is 10.1. The second kappa shape index (κ2) is 8.25. The van der Waals surface area contributed by atoms with E-state index in [4.69, 9.17) is 4.74 Å². The molecular weight excluding hydrogens is 264 g/mol. The molecule has 0 aliphatic carbocycles. The zero-order chi connectivity index (χ0) is 15.1. The second-order valence-corrected chi connectivity index (χ2v) is 6.01. The molecule has 1 atom stereocenters. The molecule has 1 heterocycles. The van der Waals surface area contributed by atoms with Gasteiger partial charge in [0.05, 0.1) is 18.8 Å². The molecule has 0 spiro atoms. The number of aliphatic hydroxyl groups excluding tert-OH is 1. The monoisotopic (exact) mass is 292 g/mol. The fraction of sp³-hybridized carbons (Fsp3) is 0.647. The highest BCUT2D eigenvalue weighted by atomic mass is 16.5. The topological polar surface area (TPSA) is 44.7 Å². The van der Waals surface area contributed by atoms with Gasteiger partial charge in [-0.1, -0.05) is 0 Å². The van der Waals surface area contributed by atoms with E-state index in [2.05, 4.69) is 34.5 Å². The summed E-state index contributed by atoms with van der Waals surface area (Å²) >= 11 is 0. The molecule has 1 saturated heterocycles. The number of nitrogens with one attached hydrogen (secondary N) is 1. The highest BCUT2D eigenvalue weighted by molar-refractivity contribution is 5.55. The van der Waals surface area contributed by atoms with Crippen LogP contribution in [-0.2, 0) is 4.74 Å². The van der Waals surface area contributed by atoms with Crippen LogP contribution >= 0.6 is 0 Å². The molecule has 4 heteroatoms. The fourth-order valence-corrected chi connectivity index (χ4v) is 2.54. The summed E-state index contributed by atoms with van der Waals surface area (Å²) in [6.07, 6.45) is 3.62. The van der Waals surface area contributed by atoms with Crippen LogP contribution < -0.4 is 10.2 Å². The highest BCUT2D eigenvalue weighted by Gasteiger charge is 2.10. The molecule has 0 aromatic heterocycles. The molecule has 1 aromatic carbocycles. The molecule has 1 aliphatic heterocycles. The number of benzene rings is 1. The first-order valence-electron chi connectivity index (χ1n) is 8.03. The molecule has 21 heavy (non-hydrogen) atoms. The molecule has 4 nitrogen and oxygen atoms in total. The summed E-state index contributed by atoms with van der Waals surface area (Å²) in [4.78, 5) is 2.44. The Morgan fingerprint density at radius 1 is 1.14 bits per heavy atom. The van der Waals surface area contributed by atoms with Crippen molar-refractivity contribution in [2.75, 3.05) is 36.5 Å². The van der Waals surface area contributed by atoms with Gasteiger partial charge in [0.1, 0.15) is 0 Å². The van der Waals surface area contributed by atoms with Crippen LogP contribution in [0.3, 0.4) is 0 Å². The third-order valence-corrected chi connectivity index (χ3v) is 3.75. The molecule has 1 aliphatic rings. The first-order valence-corrected chi connectivity index (χ1v) is 8.03. The van der Waals surface area contributed by atoms with Gasteiger partial charge in [-0.2, -0.15) is 0 Å². The van der Waals surface area contributed by atoms with Gasteiger partial charge in [-0.05, 0) is 57.4 Å². The Morgan fingerprint density at radius 2 is 1.81 bits per heavy atom. The van der Waals surface area contributed by atoms with Crippen LogP contribution in [0, 0.1) is 0 Å². The van der Waals surface area contributed by atoms with E-state index in [1.54, 1.807) is 0 Å². The predicted molar refractivity (Wildman–Crippen MR) is 88.1 cm³/mol. The lowest BCUT2D eigenvalue weighted by Crippen LogP contribution is -2.29. The number of aliphatic hydroxyl groups is 1. The van der Waals surface area contributed by atoms with Crippen LogP contribution in [0.2, 0.25) is 0 Å². The van der Waals surface area contributed by atoms with Crippen molar-refractivity contribution in [2.45, 2.75) is 45.3 Å². The van der Waals surface area contributed by atoms with Crippen LogP contribution in [0.1, 0.15) is 33.1 Å². The predicted octanol–water partition coefficient (Wildman–Crippen LogP) is 2.87. The van der Waals surface area contributed by atoms with Crippen molar-refractivity contribution in [1.29, 1.82) is 0 Å². The SMILES string of the molecule is CC(C)OCC(O)CNc1ccc(N2CCCCC2)cc1. The Morgan fingerprint density at radius 3 is 2.43 bits per heavy atom. The van der Waals surface area contributed by atoms with Crippen molar-refractivity contribution < 1.29 is 9.84 Å². The Labute approximate surface area is 128 Å². The van der Waals surface area contributed by atoms with Gasteiger partial charge in [-0.15, -0.1) is 0 Å². The molecule has 0 amide bonds. The zero-order valence-corrected chi connectivity index (χ0v) is 13.2. The summed E-state index contributed by atoms with van der Waals surface area (Å²) in [5.74, 6) is 0. The molecule has 1 unspecified atom stereocenters. The second-order valence-electron chi connectivity index (χ2n) is 6.01. The van der Waals surface area contributed by atoms with E-state index in [1.807, 2.05) is 13.8 Å². The number of anilines is 2. The number of nitrogens with zero attached hydrogens (tertiary/aromatic N) is 1. The van der Waals surface area contributed by atoms with Crippen LogP contribution in [0.25, 0.3) is 0 Å². The molecule has 0 saturated carbocycles. The summed E-state index contributed by atoms with van der Waals surface area (Å²) in [7, 11) is 0. The lowest BCUT2D eigenvalue weighted by Gasteiger charge is -2.29. The molecule has 1 aromatic rings. The Hall–Kier alpha value is -1.26. The fourth-order valence-electron chi connectivity index (χ4n) is 2.54. The molecule has 2 rings (SSSR count). The average molecular weight is 292 g/mol. The van der Waals surface area contributed by atoms with E-state index in [9.17, 15) is 5.11 Å². The number of piperidine rings is 1. The lowest BCUT2D eigenvalue weighted by atomic mass is 10.1. The van der Waals surface area contributed by atoms with E-state index in [1.165, 1.54) is 24.9 Å². The Kier molecular flexibility index (Phi) is 6.33. The highest BCUT2D eigenvalue weighted by Crippen LogP contribution is 2.21. The lowest BCUT2D eigenvalue weighted by molar-refractivity contribution is 0.0112. The minimum atomic E-state index is -0.478. The van der Waals surface area contributed by atoms with Gasteiger partial charge in [0.2, 0.25) is 0 Å². The van der Waals surface area contributed by atoms with E-state index in [0.29, 0.717) is 13.2 Å². The van der Waals surface area contributed by atoms with Gasteiger partial charge in [-0.3, -0.25) is 0 Å². The van der Waals surface area contributed by atoms with Crippen molar-refractivity contribution in [3.05, 3.63) is 24.3 Å². The van der Waals surface area contributed by atoms with Crippen molar-refractivity contribution >= 4 is 11.4 Å². The number of rotatable bonds is 7. The minimum Gasteiger partial charge on any atom is -0.389 e. The summed E-state index contributed by atoms with van der Waals surface area (Å²) in [6.45, 7) is 7.15. The van der Waals surface area contributed by atoms with Crippen molar-refractivity contribution in [3.63, 3.8) is 0 Å². The van der Waals surface area contributed by atoms with Crippen molar-refractivity contribution in [2.24, 2.45) is 0 Å². The van der Waals surface area contributed by atoms with Crippen molar-refractivity contribution in [3.8, 4) is 0 Å². The van der Waals surface area contributed by atoms with Gasteiger partial charge in [-0.25, -0.2) is 0 Å². The van der Waals surface area contributed by atoms with Crippen LogP contribution in [0.5, 0.6) is 0 Å². The molecule has 2 N–H and O–H groups in total. The van der Waals surface area contributed by atoms with Gasteiger partial charge >= 0.3 is 0 Å². The Bertz CT molecular complexity index is 400. The van der Waals surface area contributed by atoms with Gasteiger partial charge in [0.15, 0.2) is 0 Å². The van der Waals surface area contributed by atoms with E-state index >= 15 is 0 Å². The maximum Gasteiger partial charge on any atom is 0.0945 e. The van der Waals surface area contributed by atoms with Gasteiger partial charge in [0, 0.05) is 31.0 Å². The summed E-state index contributed by atoms with van der Waals surface area (Å²) < 4.78 is 5.39. The Balaban J connectivity index is 1.76. The normalized spacial score (nSPS) is 17.0. The number of hydrogen-bond donors (Lipinski definition) is 2. The maximum atomic E-state index is 9.82. The standard InChI is InChI=1S/C17H28N2O2/c1-14(2)21-13-17(20)12-18-15-6-8-16(9-7-15)19-10-4-3-5-11-19/h6-9,14,17-18,20H,3-5,10-13H2,1-2H3. The maximum absolute atomic E-state index is 9.82. The third kappa shape index (κ3) is 5.56. The summed E-state index contributed by atoms with van der Waals surface area (Å²) in [6, 6.07) is 8.48.